The molecule has 20 heavy (non-hydrogen) atoms. The van der Waals surface area contributed by atoms with Gasteiger partial charge in [0.1, 0.15) is 5.69 Å². The average Bonchev–Trinajstić information content (AvgIpc) is 2.83. The minimum absolute atomic E-state index is 0.0405. The van der Waals surface area contributed by atoms with E-state index in [1.807, 2.05) is 0 Å². The van der Waals surface area contributed by atoms with Gasteiger partial charge in [0.25, 0.3) is 5.91 Å². The van der Waals surface area contributed by atoms with Crippen molar-refractivity contribution < 1.29 is 13.2 Å². The number of nitrogens with zero attached hydrogens (tertiary/aromatic N) is 2. The van der Waals surface area contributed by atoms with E-state index in [9.17, 15) is 13.2 Å². The maximum absolute atomic E-state index is 12.2. The number of likely N-dealkylation sites (tertiary alicyclic amines) is 1. The van der Waals surface area contributed by atoms with Gasteiger partial charge in [-0.3, -0.25) is 4.79 Å². The number of H-pyrrole nitrogens is 1. The lowest BCUT2D eigenvalue weighted by molar-refractivity contribution is 0.0681. The van der Waals surface area contributed by atoms with Gasteiger partial charge in [-0.05, 0) is 18.9 Å². The maximum Gasteiger partial charge on any atom is 0.270 e. The SMILES string of the molecule is CN(C1CCN(C(=O)c2cc(Cl)c[nH]2)CC1)S(C)(=O)=O. The van der Waals surface area contributed by atoms with E-state index in [2.05, 4.69) is 4.98 Å². The fourth-order valence-electron chi connectivity index (χ4n) is 2.37. The Hall–Kier alpha value is -1.05. The van der Waals surface area contributed by atoms with E-state index < -0.39 is 10.0 Å². The van der Waals surface area contributed by atoms with Crippen LogP contribution in [0.3, 0.4) is 0 Å². The molecule has 0 aromatic carbocycles. The summed E-state index contributed by atoms with van der Waals surface area (Å²) in [5.74, 6) is -0.0997. The largest absolute Gasteiger partial charge is 0.356 e. The molecule has 2 heterocycles. The molecular weight excluding hydrogens is 302 g/mol. The van der Waals surface area contributed by atoms with Gasteiger partial charge in [-0.1, -0.05) is 11.6 Å². The number of rotatable bonds is 3. The summed E-state index contributed by atoms with van der Waals surface area (Å²) >= 11 is 5.78. The van der Waals surface area contributed by atoms with E-state index in [-0.39, 0.29) is 11.9 Å². The van der Waals surface area contributed by atoms with E-state index in [1.54, 1.807) is 24.2 Å². The molecule has 1 aliphatic rings. The van der Waals surface area contributed by atoms with Gasteiger partial charge in [0.2, 0.25) is 10.0 Å². The van der Waals surface area contributed by atoms with Crippen molar-refractivity contribution in [3.05, 3.63) is 23.0 Å². The third-order valence-corrected chi connectivity index (χ3v) is 5.23. The number of carbonyl (C=O) groups excluding carboxylic acids is 1. The molecule has 1 amide bonds. The van der Waals surface area contributed by atoms with Gasteiger partial charge in [0.05, 0.1) is 11.3 Å². The Bertz CT molecular complexity index is 591. The molecule has 0 bridgehead atoms. The van der Waals surface area contributed by atoms with Gasteiger partial charge < -0.3 is 9.88 Å². The third kappa shape index (κ3) is 3.34. The molecule has 1 saturated heterocycles. The lowest BCUT2D eigenvalue weighted by Gasteiger charge is -2.35. The second-order valence-electron chi connectivity index (χ2n) is 5.03. The average molecular weight is 320 g/mol. The Morgan fingerprint density at radius 3 is 2.50 bits per heavy atom. The quantitative estimate of drug-likeness (QED) is 0.908. The molecule has 0 aliphatic carbocycles. The molecule has 2 rings (SSSR count). The minimum Gasteiger partial charge on any atom is -0.356 e. The number of hydrogen-bond acceptors (Lipinski definition) is 3. The second-order valence-corrected chi connectivity index (χ2v) is 7.51. The lowest BCUT2D eigenvalue weighted by Crippen LogP contribution is -2.47. The molecule has 6 nitrogen and oxygen atoms in total. The van der Waals surface area contributed by atoms with Crippen molar-refractivity contribution in [1.82, 2.24) is 14.2 Å². The van der Waals surface area contributed by atoms with E-state index in [1.165, 1.54) is 10.6 Å². The number of halogens is 1. The van der Waals surface area contributed by atoms with Crippen molar-refractivity contribution in [2.45, 2.75) is 18.9 Å². The van der Waals surface area contributed by atoms with Crippen LogP contribution in [-0.2, 0) is 10.0 Å². The van der Waals surface area contributed by atoms with E-state index in [4.69, 9.17) is 11.6 Å². The van der Waals surface area contributed by atoms with Crippen molar-refractivity contribution in [3.63, 3.8) is 0 Å². The summed E-state index contributed by atoms with van der Waals surface area (Å²) in [5, 5.41) is 0.500. The van der Waals surface area contributed by atoms with Crippen LogP contribution >= 0.6 is 11.6 Å². The molecule has 0 radical (unpaired) electrons. The highest BCUT2D eigenvalue weighted by atomic mass is 35.5. The fourth-order valence-corrected chi connectivity index (χ4v) is 3.28. The van der Waals surface area contributed by atoms with Crippen molar-refractivity contribution >= 4 is 27.5 Å². The molecule has 1 N–H and O–H groups in total. The first-order valence-corrected chi connectivity index (χ1v) is 8.58. The van der Waals surface area contributed by atoms with Gasteiger partial charge in [0, 0.05) is 32.4 Å². The molecule has 0 atom stereocenters. The molecule has 1 fully saturated rings. The summed E-state index contributed by atoms with van der Waals surface area (Å²) in [6.07, 6.45) is 4.05. The highest BCUT2D eigenvalue weighted by molar-refractivity contribution is 7.88. The van der Waals surface area contributed by atoms with Gasteiger partial charge in [0.15, 0.2) is 0 Å². The molecule has 1 aromatic rings. The summed E-state index contributed by atoms with van der Waals surface area (Å²) < 4.78 is 24.4. The van der Waals surface area contributed by atoms with Gasteiger partial charge >= 0.3 is 0 Å². The first kappa shape index (κ1) is 15.3. The van der Waals surface area contributed by atoms with Crippen LogP contribution in [0.25, 0.3) is 0 Å². The summed E-state index contributed by atoms with van der Waals surface area (Å²) in [6, 6.07) is 1.56. The molecule has 1 aliphatic heterocycles. The van der Waals surface area contributed by atoms with E-state index in [0.717, 1.165) is 0 Å². The van der Waals surface area contributed by atoms with Crippen molar-refractivity contribution in [1.29, 1.82) is 0 Å². The highest BCUT2D eigenvalue weighted by Gasteiger charge is 2.29. The number of aromatic nitrogens is 1. The Balaban J connectivity index is 1.96. The zero-order valence-electron chi connectivity index (χ0n) is 11.5. The van der Waals surface area contributed by atoms with Crippen LogP contribution in [0, 0.1) is 0 Å². The van der Waals surface area contributed by atoms with Gasteiger partial charge in [-0.15, -0.1) is 0 Å². The number of nitrogens with one attached hydrogen (secondary N) is 1. The highest BCUT2D eigenvalue weighted by Crippen LogP contribution is 2.20. The Labute approximate surface area is 123 Å². The van der Waals surface area contributed by atoms with Crippen LogP contribution in [0.2, 0.25) is 5.02 Å². The zero-order chi connectivity index (χ0) is 14.9. The number of aromatic amines is 1. The summed E-state index contributed by atoms with van der Waals surface area (Å²) in [6.45, 7) is 1.08. The molecular formula is C12H18ClN3O3S. The molecule has 8 heteroatoms. The first-order valence-electron chi connectivity index (χ1n) is 6.35. The Morgan fingerprint density at radius 1 is 1.45 bits per heavy atom. The number of amides is 1. The predicted molar refractivity (Wildman–Crippen MR) is 77.3 cm³/mol. The van der Waals surface area contributed by atoms with Gasteiger partial charge in [-0.25, -0.2) is 12.7 Å². The zero-order valence-corrected chi connectivity index (χ0v) is 13.0. The monoisotopic (exact) mass is 319 g/mol. The maximum atomic E-state index is 12.2. The van der Waals surface area contributed by atoms with Crippen molar-refractivity contribution in [2.75, 3.05) is 26.4 Å². The number of carbonyl (C=O) groups is 1. The summed E-state index contributed by atoms with van der Waals surface area (Å²) in [7, 11) is -1.60. The second kappa shape index (κ2) is 5.75. The van der Waals surface area contributed by atoms with Gasteiger partial charge in [-0.2, -0.15) is 0 Å². The number of piperidine rings is 1. The van der Waals surface area contributed by atoms with Crippen molar-refractivity contribution in [3.8, 4) is 0 Å². The number of hydrogen-bond donors (Lipinski definition) is 1. The van der Waals surface area contributed by atoms with Crippen molar-refractivity contribution in [2.24, 2.45) is 0 Å². The summed E-state index contributed by atoms with van der Waals surface area (Å²) in [4.78, 5) is 16.7. The lowest BCUT2D eigenvalue weighted by atomic mass is 10.1. The Kier molecular flexibility index (Phi) is 4.41. The summed E-state index contributed by atoms with van der Waals surface area (Å²) in [5.41, 5.74) is 0.463. The smallest absolute Gasteiger partial charge is 0.270 e. The van der Waals surface area contributed by atoms with Crippen LogP contribution in [0.15, 0.2) is 12.3 Å². The Morgan fingerprint density at radius 2 is 2.05 bits per heavy atom. The molecule has 0 spiro atoms. The van der Waals surface area contributed by atoms with E-state index >= 15 is 0 Å². The van der Waals surface area contributed by atoms with E-state index in [0.29, 0.717) is 36.6 Å². The standard InChI is InChI=1S/C12H18ClN3O3S/c1-15(20(2,18)19)10-3-5-16(6-4-10)12(17)11-7-9(13)8-14-11/h7-8,10,14H,3-6H2,1-2H3. The number of sulfonamides is 1. The van der Waals surface area contributed by atoms with Crippen LogP contribution in [-0.4, -0.2) is 60.9 Å². The van der Waals surface area contributed by atoms with Crippen LogP contribution < -0.4 is 0 Å². The molecule has 0 unspecified atom stereocenters. The molecule has 0 saturated carbocycles. The topological polar surface area (TPSA) is 73.5 Å². The normalized spacial score (nSPS) is 17.7. The fraction of sp³-hybridized carbons (Fsp3) is 0.583. The van der Waals surface area contributed by atoms with Crippen LogP contribution in [0.4, 0.5) is 0 Å². The molecule has 112 valence electrons. The predicted octanol–water partition coefficient (Wildman–Crippen LogP) is 1.16. The first-order chi connectivity index (χ1) is 9.29. The third-order valence-electron chi connectivity index (χ3n) is 3.67. The minimum atomic E-state index is -3.18. The molecule has 1 aromatic heterocycles. The van der Waals surface area contributed by atoms with Crippen LogP contribution in [0.5, 0.6) is 0 Å². The van der Waals surface area contributed by atoms with Crippen LogP contribution in [0.1, 0.15) is 23.3 Å².